The third kappa shape index (κ3) is 2.04. The Morgan fingerprint density at radius 2 is 1.83 bits per heavy atom. The van der Waals surface area contributed by atoms with Crippen molar-refractivity contribution in [2.45, 2.75) is 0 Å². The zero-order valence-electron chi connectivity index (χ0n) is 12.6. The fourth-order valence-electron chi connectivity index (χ4n) is 2.76. The van der Waals surface area contributed by atoms with E-state index in [0.29, 0.717) is 16.9 Å². The molecule has 1 heterocycles. The molecule has 4 rings (SSSR count). The van der Waals surface area contributed by atoms with Gasteiger partial charge in [0.2, 0.25) is 5.43 Å². The predicted octanol–water partition coefficient (Wildman–Crippen LogP) is 3.93. The van der Waals surface area contributed by atoms with Crippen molar-refractivity contribution in [1.29, 1.82) is 0 Å². The van der Waals surface area contributed by atoms with Crippen LogP contribution in [-0.4, -0.2) is 19.2 Å². The summed E-state index contributed by atoms with van der Waals surface area (Å²) in [5.41, 5.74) is 1.54. The zero-order chi connectivity index (χ0) is 16.0. The molecule has 0 radical (unpaired) electrons. The highest BCUT2D eigenvalue weighted by molar-refractivity contribution is 7.21. The number of benzene rings is 3. The van der Waals surface area contributed by atoms with E-state index >= 15 is 0 Å². The highest BCUT2D eigenvalue weighted by Gasteiger charge is 2.21. The average Bonchev–Trinajstić information content (AvgIpc) is 2.60. The number of ether oxygens (including phenoxy) is 2. The van der Waals surface area contributed by atoms with Crippen LogP contribution in [-0.2, 0) is 0 Å². The van der Waals surface area contributed by atoms with Gasteiger partial charge in [0.1, 0.15) is 10.6 Å². The molecule has 0 N–H and O–H groups in total. The van der Waals surface area contributed by atoms with Gasteiger partial charge in [-0.05, 0) is 30.3 Å². The molecular weight excluding hydrogens is 310 g/mol. The standard InChI is InChI=1S/C18H13NO3S/c1-21-10-7-8-11-12(9-10)15-18(17(22-2)16(11)20)23-14-6-4-3-5-13(14)19-15/h3-9H,1-2H3. The highest BCUT2D eigenvalue weighted by atomic mass is 32.1. The van der Waals surface area contributed by atoms with Crippen LogP contribution < -0.4 is 14.9 Å². The minimum absolute atomic E-state index is 0.119. The fourth-order valence-corrected chi connectivity index (χ4v) is 3.86. The Balaban J connectivity index is 2.27. The molecule has 2 aromatic rings. The molecular formula is C18H13NO3S. The predicted molar refractivity (Wildman–Crippen MR) is 93.1 cm³/mol. The summed E-state index contributed by atoms with van der Waals surface area (Å²) in [6, 6.07) is 13.3. The lowest BCUT2D eigenvalue weighted by Gasteiger charge is -2.14. The first kappa shape index (κ1) is 14.0. The molecule has 0 amide bonds. The third-order valence-corrected chi connectivity index (χ3v) is 5.02. The van der Waals surface area contributed by atoms with Gasteiger partial charge in [-0.15, -0.1) is 11.3 Å². The van der Waals surface area contributed by atoms with Crippen molar-refractivity contribution in [3.8, 4) is 22.1 Å². The van der Waals surface area contributed by atoms with Crippen LogP contribution in [0.15, 0.2) is 47.3 Å². The summed E-state index contributed by atoms with van der Waals surface area (Å²) in [5, 5.41) is 1.37. The van der Waals surface area contributed by atoms with E-state index in [1.165, 1.54) is 18.4 Å². The summed E-state index contributed by atoms with van der Waals surface area (Å²) in [5.74, 6) is 1.05. The molecule has 0 aromatic heterocycles. The van der Waals surface area contributed by atoms with E-state index in [1.807, 2.05) is 30.3 Å². The van der Waals surface area contributed by atoms with E-state index in [2.05, 4.69) is 0 Å². The second kappa shape index (κ2) is 5.21. The molecule has 2 aliphatic rings. The van der Waals surface area contributed by atoms with Crippen molar-refractivity contribution in [2.75, 3.05) is 14.2 Å². The number of hydrogen-bond donors (Lipinski definition) is 0. The lowest BCUT2D eigenvalue weighted by molar-refractivity contribution is 0.413. The van der Waals surface area contributed by atoms with Crippen LogP contribution in [0.2, 0.25) is 0 Å². The minimum atomic E-state index is -0.119. The van der Waals surface area contributed by atoms with Crippen molar-refractivity contribution < 1.29 is 9.47 Å². The van der Waals surface area contributed by atoms with Crippen LogP contribution in [0.3, 0.4) is 0 Å². The number of nitrogens with zero attached hydrogens (tertiary/aromatic N) is 1. The van der Waals surface area contributed by atoms with Crippen molar-refractivity contribution in [3.63, 3.8) is 0 Å². The number of fused-ring (bicyclic) bond motifs is 4. The summed E-state index contributed by atoms with van der Waals surface area (Å²) in [6.45, 7) is 0. The molecule has 0 unspecified atom stereocenters. The Morgan fingerprint density at radius 1 is 1.00 bits per heavy atom. The van der Waals surface area contributed by atoms with E-state index in [9.17, 15) is 4.79 Å². The van der Waals surface area contributed by atoms with E-state index in [1.54, 1.807) is 19.2 Å². The van der Waals surface area contributed by atoms with Crippen LogP contribution in [0.1, 0.15) is 0 Å². The Hall–Kier alpha value is -2.66. The van der Waals surface area contributed by atoms with Crippen LogP contribution in [0.5, 0.6) is 11.5 Å². The van der Waals surface area contributed by atoms with E-state index < -0.39 is 0 Å². The van der Waals surface area contributed by atoms with E-state index in [4.69, 9.17) is 14.5 Å². The quantitative estimate of drug-likeness (QED) is 0.414. The number of aromatic nitrogens is 1. The second-order valence-electron chi connectivity index (χ2n) is 5.13. The average molecular weight is 323 g/mol. The first-order valence-corrected chi connectivity index (χ1v) is 7.92. The third-order valence-electron chi connectivity index (χ3n) is 3.87. The van der Waals surface area contributed by atoms with Crippen LogP contribution in [0.4, 0.5) is 0 Å². The van der Waals surface area contributed by atoms with Gasteiger partial charge in [0, 0.05) is 10.8 Å². The smallest absolute Gasteiger partial charge is 0.229 e. The molecule has 0 fully saturated rings. The van der Waals surface area contributed by atoms with Gasteiger partial charge in [0.05, 0.1) is 30.1 Å². The number of hydrogen-bond acceptors (Lipinski definition) is 5. The molecule has 0 saturated carbocycles. The largest absolute Gasteiger partial charge is 0.497 e. The van der Waals surface area contributed by atoms with Crippen molar-refractivity contribution in [3.05, 3.63) is 52.7 Å². The SMILES string of the molecule is COc1ccc2c(=O)c(OC)c3sc4ccccc4nc-3c2c1. The van der Waals surface area contributed by atoms with Gasteiger partial charge in [-0.25, -0.2) is 4.98 Å². The van der Waals surface area contributed by atoms with Gasteiger partial charge >= 0.3 is 0 Å². The fraction of sp³-hybridized carbons (Fsp3) is 0.111. The highest BCUT2D eigenvalue weighted by Crippen LogP contribution is 2.40. The van der Waals surface area contributed by atoms with Gasteiger partial charge in [-0.3, -0.25) is 4.79 Å². The summed E-state index contributed by atoms with van der Waals surface area (Å²) in [4.78, 5) is 18.3. The lowest BCUT2D eigenvalue weighted by atomic mass is 10.0. The zero-order valence-corrected chi connectivity index (χ0v) is 13.4. The molecule has 23 heavy (non-hydrogen) atoms. The molecule has 114 valence electrons. The van der Waals surface area contributed by atoms with Gasteiger partial charge in [0.25, 0.3) is 0 Å². The lowest BCUT2D eigenvalue weighted by Crippen LogP contribution is -2.09. The second-order valence-corrected chi connectivity index (χ2v) is 6.19. The van der Waals surface area contributed by atoms with Gasteiger partial charge in [-0.2, -0.15) is 0 Å². The first-order chi connectivity index (χ1) is 11.2. The topological polar surface area (TPSA) is 48.4 Å². The molecule has 1 aliphatic carbocycles. The number of para-hydroxylation sites is 1. The monoisotopic (exact) mass is 323 g/mol. The molecule has 5 heteroatoms. The summed E-state index contributed by atoms with van der Waals surface area (Å²) in [6.07, 6.45) is 0. The summed E-state index contributed by atoms with van der Waals surface area (Å²) >= 11 is 1.52. The van der Waals surface area contributed by atoms with Crippen LogP contribution in [0, 0.1) is 0 Å². The van der Waals surface area contributed by atoms with Crippen molar-refractivity contribution in [2.24, 2.45) is 0 Å². The number of rotatable bonds is 2. The van der Waals surface area contributed by atoms with Crippen LogP contribution in [0.25, 0.3) is 31.6 Å². The molecule has 4 nitrogen and oxygen atoms in total. The maximum absolute atomic E-state index is 12.7. The van der Waals surface area contributed by atoms with Gasteiger partial charge in [-0.1, -0.05) is 12.1 Å². The summed E-state index contributed by atoms with van der Waals surface area (Å²) in [7, 11) is 3.13. The first-order valence-electron chi connectivity index (χ1n) is 7.10. The Morgan fingerprint density at radius 3 is 2.61 bits per heavy atom. The molecule has 0 atom stereocenters. The van der Waals surface area contributed by atoms with Crippen molar-refractivity contribution >= 4 is 32.3 Å². The Labute approximate surface area is 136 Å². The Kier molecular flexibility index (Phi) is 3.16. The minimum Gasteiger partial charge on any atom is -0.497 e. The molecule has 1 aliphatic heterocycles. The maximum Gasteiger partial charge on any atom is 0.229 e. The van der Waals surface area contributed by atoms with Gasteiger partial charge < -0.3 is 9.47 Å². The molecule has 0 bridgehead atoms. The number of methoxy groups -OCH3 is 2. The van der Waals surface area contributed by atoms with E-state index in [-0.39, 0.29) is 5.43 Å². The van der Waals surface area contributed by atoms with E-state index in [0.717, 1.165) is 26.2 Å². The van der Waals surface area contributed by atoms with Gasteiger partial charge in [0.15, 0.2) is 5.75 Å². The molecule has 0 spiro atoms. The van der Waals surface area contributed by atoms with Crippen molar-refractivity contribution in [1.82, 2.24) is 4.98 Å². The maximum atomic E-state index is 12.7. The Bertz CT molecular complexity index is 1070. The normalized spacial score (nSPS) is 11.2. The van der Waals surface area contributed by atoms with Crippen LogP contribution >= 0.6 is 11.3 Å². The summed E-state index contributed by atoms with van der Waals surface area (Å²) < 4.78 is 11.7. The molecule has 0 saturated heterocycles. The molecule has 2 aromatic carbocycles.